The maximum Gasteiger partial charge on any atom is 0.0444 e. The molecule has 0 amide bonds. The van der Waals surface area contributed by atoms with E-state index in [1.807, 2.05) is 13.0 Å². The first-order valence-corrected chi connectivity index (χ1v) is 4.63. The van der Waals surface area contributed by atoms with Gasteiger partial charge in [-0.3, -0.25) is 4.99 Å². The van der Waals surface area contributed by atoms with Crippen LogP contribution in [-0.2, 0) is 0 Å². The van der Waals surface area contributed by atoms with E-state index < -0.39 is 0 Å². The quantitative estimate of drug-likeness (QED) is 0.505. The highest BCUT2D eigenvalue weighted by Crippen LogP contribution is 2.04. The lowest BCUT2D eigenvalue weighted by Gasteiger charge is -1.99. The van der Waals surface area contributed by atoms with E-state index in [2.05, 4.69) is 42.8 Å². The lowest BCUT2D eigenvalue weighted by molar-refractivity contribution is 1.44. The second-order valence-corrected chi connectivity index (χ2v) is 3.16. The Kier molecular flexibility index (Phi) is 3.86. The van der Waals surface area contributed by atoms with Gasteiger partial charge in [0.1, 0.15) is 0 Å². The van der Waals surface area contributed by atoms with Crippen molar-refractivity contribution in [2.45, 2.75) is 13.8 Å². The fourth-order valence-corrected chi connectivity index (χ4v) is 1.08. The summed E-state index contributed by atoms with van der Waals surface area (Å²) in [5.74, 6) is 0. The van der Waals surface area contributed by atoms with Crippen LogP contribution in [0.1, 0.15) is 18.1 Å². The van der Waals surface area contributed by atoms with Crippen molar-refractivity contribution in [1.29, 1.82) is 0 Å². The Balaban J connectivity index is 2.83. The van der Waals surface area contributed by atoms with Gasteiger partial charge in [0.05, 0.1) is 0 Å². The van der Waals surface area contributed by atoms with Gasteiger partial charge in [-0.15, -0.1) is 0 Å². The Morgan fingerprint density at radius 3 is 2.50 bits per heavy atom. The van der Waals surface area contributed by atoms with Crippen LogP contribution in [-0.4, -0.2) is 5.71 Å². The van der Waals surface area contributed by atoms with Gasteiger partial charge in [-0.2, -0.15) is 0 Å². The van der Waals surface area contributed by atoms with Crippen LogP contribution in [0.4, 0.5) is 0 Å². The van der Waals surface area contributed by atoms with Crippen molar-refractivity contribution in [1.82, 2.24) is 0 Å². The van der Waals surface area contributed by atoms with Crippen LogP contribution in [0, 0.1) is 6.92 Å². The summed E-state index contributed by atoms with van der Waals surface area (Å²) >= 11 is 0. The molecule has 0 spiro atoms. The van der Waals surface area contributed by atoms with E-state index in [0.29, 0.717) is 0 Å². The number of allylic oxidation sites excluding steroid dienone is 2. The molecule has 72 valence electrons. The van der Waals surface area contributed by atoms with Crippen LogP contribution in [0.2, 0.25) is 0 Å². The molecule has 1 rings (SSSR count). The van der Waals surface area contributed by atoms with Crippen molar-refractivity contribution < 1.29 is 0 Å². The molecular weight excluding hydrogens is 170 g/mol. The third-order valence-corrected chi connectivity index (χ3v) is 1.96. The molecule has 0 aliphatic heterocycles. The molecule has 1 aromatic rings. The van der Waals surface area contributed by atoms with Crippen LogP contribution < -0.4 is 0 Å². The van der Waals surface area contributed by atoms with Crippen LogP contribution in [0.15, 0.2) is 54.2 Å². The van der Waals surface area contributed by atoms with Gasteiger partial charge in [0.2, 0.25) is 0 Å². The maximum absolute atomic E-state index is 4.28. The van der Waals surface area contributed by atoms with Gasteiger partial charge in [0.15, 0.2) is 0 Å². The van der Waals surface area contributed by atoms with Gasteiger partial charge in [-0.05, 0) is 25.5 Å². The second kappa shape index (κ2) is 5.18. The number of rotatable bonds is 3. The summed E-state index contributed by atoms with van der Waals surface area (Å²) in [6.07, 6.45) is 5.28. The van der Waals surface area contributed by atoms with Crippen LogP contribution in [0.5, 0.6) is 0 Å². The van der Waals surface area contributed by atoms with Gasteiger partial charge in [-0.25, -0.2) is 0 Å². The monoisotopic (exact) mass is 185 g/mol. The van der Waals surface area contributed by atoms with Gasteiger partial charge >= 0.3 is 0 Å². The normalized spacial score (nSPS) is 12.0. The van der Waals surface area contributed by atoms with Crippen molar-refractivity contribution in [3.8, 4) is 0 Å². The third kappa shape index (κ3) is 3.02. The molecule has 14 heavy (non-hydrogen) atoms. The largest absolute Gasteiger partial charge is 0.261 e. The molecule has 0 radical (unpaired) electrons. The summed E-state index contributed by atoms with van der Waals surface area (Å²) < 4.78 is 0. The van der Waals surface area contributed by atoms with E-state index in [0.717, 1.165) is 11.3 Å². The number of hydrogen-bond acceptors (Lipinski definition) is 1. The van der Waals surface area contributed by atoms with E-state index in [1.54, 1.807) is 12.3 Å². The SMILES string of the molecule is C=C/C=C\N=C(C)c1ccc(C)cc1. The van der Waals surface area contributed by atoms with Crippen LogP contribution in [0.3, 0.4) is 0 Å². The standard InChI is InChI=1S/C13H15N/c1-4-5-10-14-12(3)13-8-6-11(2)7-9-13/h4-10H,1H2,2-3H3/b10-5-,14-12?. The van der Waals surface area contributed by atoms with Crippen molar-refractivity contribution >= 4 is 5.71 Å². The minimum Gasteiger partial charge on any atom is -0.261 e. The Morgan fingerprint density at radius 2 is 1.93 bits per heavy atom. The zero-order valence-electron chi connectivity index (χ0n) is 8.70. The molecule has 1 heteroatoms. The number of aliphatic imine (C=N–C) groups is 1. The lowest BCUT2D eigenvalue weighted by atomic mass is 10.1. The Hall–Kier alpha value is -1.63. The summed E-state index contributed by atoms with van der Waals surface area (Å²) in [7, 11) is 0. The third-order valence-electron chi connectivity index (χ3n) is 1.96. The first-order chi connectivity index (χ1) is 6.74. The zero-order valence-corrected chi connectivity index (χ0v) is 8.70. The predicted molar refractivity (Wildman–Crippen MR) is 62.7 cm³/mol. The van der Waals surface area contributed by atoms with Gasteiger partial charge in [0.25, 0.3) is 0 Å². The molecule has 0 unspecified atom stereocenters. The molecule has 0 aliphatic carbocycles. The molecule has 0 heterocycles. The van der Waals surface area contributed by atoms with E-state index in [-0.39, 0.29) is 0 Å². The van der Waals surface area contributed by atoms with Crippen molar-refractivity contribution in [3.05, 3.63) is 60.3 Å². The van der Waals surface area contributed by atoms with Gasteiger partial charge in [0, 0.05) is 11.9 Å². The molecule has 0 saturated carbocycles. The average molecular weight is 185 g/mol. The predicted octanol–water partition coefficient (Wildman–Crippen LogP) is 3.50. The fraction of sp³-hybridized carbons (Fsp3) is 0.154. The summed E-state index contributed by atoms with van der Waals surface area (Å²) in [5.41, 5.74) is 3.44. The molecule has 0 aromatic heterocycles. The molecule has 0 saturated heterocycles. The second-order valence-electron chi connectivity index (χ2n) is 3.16. The smallest absolute Gasteiger partial charge is 0.0444 e. The maximum atomic E-state index is 4.28. The lowest BCUT2D eigenvalue weighted by Crippen LogP contribution is -1.92. The van der Waals surface area contributed by atoms with Gasteiger partial charge < -0.3 is 0 Å². The minimum absolute atomic E-state index is 1.02. The van der Waals surface area contributed by atoms with Crippen molar-refractivity contribution in [2.75, 3.05) is 0 Å². The number of benzene rings is 1. The Bertz CT molecular complexity index is 355. The van der Waals surface area contributed by atoms with Crippen LogP contribution >= 0.6 is 0 Å². The van der Waals surface area contributed by atoms with Gasteiger partial charge in [-0.1, -0.05) is 42.5 Å². The van der Waals surface area contributed by atoms with E-state index in [9.17, 15) is 0 Å². The summed E-state index contributed by atoms with van der Waals surface area (Å²) in [6, 6.07) is 8.34. The van der Waals surface area contributed by atoms with E-state index in [4.69, 9.17) is 0 Å². The highest BCUT2D eigenvalue weighted by Gasteiger charge is 1.94. The number of nitrogens with zero attached hydrogens (tertiary/aromatic N) is 1. The molecular formula is C13H15N. The van der Waals surface area contributed by atoms with Crippen molar-refractivity contribution in [2.24, 2.45) is 4.99 Å². The zero-order chi connectivity index (χ0) is 10.4. The molecule has 1 nitrogen and oxygen atoms in total. The summed E-state index contributed by atoms with van der Waals surface area (Å²) in [4.78, 5) is 4.28. The highest BCUT2D eigenvalue weighted by atomic mass is 14.7. The van der Waals surface area contributed by atoms with E-state index in [1.165, 1.54) is 5.56 Å². The molecule has 1 aromatic carbocycles. The van der Waals surface area contributed by atoms with Crippen LogP contribution in [0.25, 0.3) is 0 Å². The summed E-state index contributed by atoms with van der Waals surface area (Å²) in [5, 5.41) is 0. The number of aryl methyl sites for hydroxylation is 1. The first-order valence-electron chi connectivity index (χ1n) is 4.63. The number of hydrogen-bond donors (Lipinski definition) is 0. The highest BCUT2D eigenvalue weighted by molar-refractivity contribution is 5.99. The fourth-order valence-electron chi connectivity index (χ4n) is 1.08. The summed E-state index contributed by atoms with van der Waals surface area (Å²) in [6.45, 7) is 7.66. The Labute approximate surface area is 85.5 Å². The van der Waals surface area contributed by atoms with E-state index >= 15 is 0 Å². The molecule has 0 aliphatic rings. The topological polar surface area (TPSA) is 12.4 Å². The minimum atomic E-state index is 1.02. The Morgan fingerprint density at radius 1 is 1.29 bits per heavy atom. The molecule has 0 fully saturated rings. The first kappa shape index (κ1) is 10.5. The average Bonchev–Trinajstić information content (AvgIpc) is 2.19. The molecule has 0 atom stereocenters. The molecule has 0 bridgehead atoms. The molecule has 0 N–H and O–H groups in total. The van der Waals surface area contributed by atoms with Crippen molar-refractivity contribution in [3.63, 3.8) is 0 Å².